The molecule has 1 aromatic heterocycles. The molecular formula is C37H42FN5O5. The summed E-state index contributed by atoms with van der Waals surface area (Å²) in [5.41, 5.74) is 4.49. The maximum absolute atomic E-state index is 13.6. The number of halogens is 1. The summed E-state index contributed by atoms with van der Waals surface area (Å²) in [5, 5.41) is 5.76. The zero-order chi connectivity index (χ0) is 34.3. The number of fused-ring (bicyclic) bond motifs is 1. The highest BCUT2D eigenvalue weighted by Gasteiger charge is 2.29. The van der Waals surface area contributed by atoms with E-state index in [0.717, 1.165) is 24.1 Å². The fraction of sp³-hybridized carbons (Fsp3) is 0.351. The number of ether oxygens (including phenoxy) is 3. The number of nitrogens with zero attached hydrogens (tertiary/aromatic N) is 3. The quantitative estimate of drug-likeness (QED) is 0.166. The summed E-state index contributed by atoms with van der Waals surface area (Å²) in [6.07, 6.45) is 0.0779. The average molecular weight is 656 g/mol. The summed E-state index contributed by atoms with van der Waals surface area (Å²) in [7, 11) is 0. The van der Waals surface area contributed by atoms with Gasteiger partial charge in [0.1, 0.15) is 23.8 Å². The van der Waals surface area contributed by atoms with Crippen molar-refractivity contribution in [3.05, 3.63) is 113 Å². The molecule has 2 atom stereocenters. The number of carbonyl (C=O) groups is 2. The van der Waals surface area contributed by atoms with Crippen LogP contribution in [0.3, 0.4) is 0 Å². The Labute approximate surface area is 280 Å². The van der Waals surface area contributed by atoms with Crippen LogP contribution >= 0.6 is 0 Å². The molecule has 252 valence electrons. The fourth-order valence-electron chi connectivity index (χ4n) is 5.48. The summed E-state index contributed by atoms with van der Waals surface area (Å²) in [6, 6.07) is 22.6. The molecule has 2 N–H and O–H groups in total. The molecule has 4 aromatic rings. The lowest BCUT2D eigenvalue weighted by molar-refractivity contribution is -0.149. The predicted molar refractivity (Wildman–Crippen MR) is 181 cm³/mol. The van der Waals surface area contributed by atoms with Gasteiger partial charge in [-0.3, -0.25) is 0 Å². The number of alkyl carbamates (subject to hydrolysis) is 1. The zero-order valence-electron chi connectivity index (χ0n) is 28.0. The van der Waals surface area contributed by atoms with E-state index < -0.39 is 23.7 Å². The van der Waals surface area contributed by atoms with Crippen molar-refractivity contribution in [1.29, 1.82) is 0 Å². The van der Waals surface area contributed by atoms with Crippen molar-refractivity contribution in [3.8, 4) is 0 Å². The molecular weight excluding hydrogens is 613 g/mol. The molecule has 3 aromatic carbocycles. The molecule has 0 saturated carbocycles. The second-order valence-electron chi connectivity index (χ2n) is 12.7. The van der Waals surface area contributed by atoms with Gasteiger partial charge < -0.3 is 29.7 Å². The average Bonchev–Trinajstić information content (AvgIpc) is 3.05. The van der Waals surface area contributed by atoms with Crippen molar-refractivity contribution in [2.24, 2.45) is 0 Å². The second kappa shape index (κ2) is 15.2. The smallest absolute Gasteiger partial charge is 0.408 e. The number of nitrogens with one attached hydrogen (secondary N) is 2. The van der Waals surface area contributed by atoms with Gasteiger partial charge in [-0.05, 0) is 82.0 Å². The van der Waals surface area contributed by atoms with E-state index in [2.05, 4.69) is 34.6 Å². The lowest BCUT2D eigenvalue weighted by atomic mass is 9.93. The Hall–Kier alpha value is -5.03. The summed E-state index contributed by atoms with van der Waals surface area (Å²) in [6.45, 7) is 9.88. The van der Waals surface area contributed by atoms with Gasteiger partial charge in [-0.1, -0.05) is 54.6 Å². The molecule has 1 amide bonds. The number of carbonyl (C=O) groups excluding carboxylic acids is 2. The highest BCUT2D eigenvalue weighted by Crippen LogP contribution is 2.35. The molecule has 1 aliphatic heterocycles. The summed E-state index contributed by atoms with van der Waals surface area (Å²) >= 11 is 0. The molecule has 11 heteroatoms. The van der Waals surface area contributed by atoms with Crippen LogP contribution in [0.2, 0.25) is 0 Å². The largest absolute Gasteiger partial charge is 0.458 e. The molecule has 1 aliphatic rings. The van der Waals surface area contributed by atoms with Gasteiger partial charge in [0.15, 0.2) is 6.04 Å². The molecule has 0 radical (unpaired) electrons. The molecule has 2 unspecified atom stereocenters. The Morgan fingerprint density at radius 1 is 0.979 bits per heavy atom. The highest BCUT2D eigenvalue weighted by molar-refractivity contribution is 5.81. The first kappa shape index (κ1) is 34.3. The van der Waals surface area contributed by atoms with E-state index in [0.29, 0.717) is 17.2 Å². The summed E-state index contributed by atoms with van der Waals surface area (Å²) in [5.74, 6) is -0.102. The van der Waals surface area contributed by atoms with Crippen LogP contribution < -0.4 is 15.5 Å². The second-order valence-corrected chi connectivity index (χ2v) is 12.7. The maximum Gasteiger partial charge on any atom is 0.408 e. The Morgan fingerprint density at radius 3 is 2.42 bits per heavy atom. The van der Waals surface area contributed by atoms with Crippen molar-refractivity contribution in [2.45, 2.75) is 71.9 Å². The topological polar surface area (TPSA) is 115 Å². The van der Waals surface area contributed by atoms with Crippen LogP contribution in [0.1, 0.15) is 61.7 Å². The van der Waals surface area contributed by atoms with Crippen LogP contribution in [-0.4, -0.2) is 46.8 Å². The summed E-state index contributed by atoms with van der Waals surface area (Å²) < 4.78 is 30.6. The number of esters is 1. The van der Waals surface area contributed by atoms with E-state index in [4.69, 9.17) is 24.2 Å². The number of rotatable bonds is 11. The molecule has 0 saturated heterocycles. The van der Waals surface area contributed by atoms with E-state index in [1.807, 2.05) is 49.4 Å². The van der Waals surface area contributed by atoms with Gasteiger partial charge >= 0.3 is 12.1 Å². The van der Waals surface area contributed by atoms with Crippen molar-refractivity contribution in [3.63, 3.8) is 0 Å². The van der Waals surface area contributed by atoms with Crippen molar-refractivity contribution in [2.75, 3.05) is 23.4 Å². The maximum atomic E-state index is 13.6. The van der Waals surface area contributed by atoms with Crippen LogP contribution in [0, 0.1) is 12.7 Å². The van der Waals surface area contributed by atoms with Gasteiger partial charge in [0, 0.05) is 17.8 Å². The third-order valence-corrected chi connectivity index (χ3v) is 7.91. The number of amides is 1. The van der Waals surface area contributed by atoms with Crippen LogP contribution in [0.4, 0.5) is 26.6 Å². The van der Waals surface area contributed by atoms with Gasteiger partial charge in [-0.25, -0.2) is 19.0 Å². The van der Waals surface area contributed by atoms with E-state index in [1.165, 1.54) is 23.3 Å². The van der Waals surface area contributed by atoms with Crippen LogP contribution in [0.15, 0.2) is 78.9 Å². The third kappa shape index (κ3) is 9.07. The monoisotopic (exact) mass is 655 g/mol. The molecule has 10 nitrogen and oxygen atoms in total. The number of benzene rings is 3. The molecule has 0 spiro atoms. The first-order valence-electron chi connectivity index (χ1n) is 16.0. The Bertz CT molecular complexity index is 1710. The molecule has 0 bridgehead atoms. The fourth-order valence-corrected chi connectivity index (χ4v) is 5.48. The molecule has 2 heterocycles. The minimum atomic E-state index is -1.14. The van der Waals surface area contributed by atoms with Crippen LogP contribution in [0.5, 0.6) is 0 Å². The van der Waals surface area contributed by atoms with Gasteiger partial charge in [-0.15, -0.1) is 0 Å². The minimum absolute atomic E-state index is 0.0294. The standard InChI is InChI=1S/C37H42FN5O5/c1-24-31(23-47-34(44)32(41-36(45)48-37(3,4)5)22-46-21-26-11-7-6-8-12-26)40-35(39-29-17-15-28(38)16-18-29)42-33(24)43-20-19-27-13-9-10-14-30(27)25(43)2/h6-18,25,32H,19-23H2,1-5H3,(H,41,45)(H,39,40,42). The van der Waals surface area contributed by atoms with Crippen LogP contribution in [0.25, 0.3) is 0 Å². The Kier molecular flexibility index (Phi) is 10.9. The van der Waals surface area contributed by atoms with Crippen molar-refractivity contribution < 1.29 is 28.2 Å². The van der Waals surface area contributed by atoms with Gasteiger partial charge in [0.2, 0.25) is 5.95 Å². The lowest BCUT2D eigenvalue weighted by Crippen LogP contribution is -2.46. The molecule has 48 heavy (non-hydrogen) atoms. The zero-order valence-corrected chi connectivity index (χ0v) is 28.0. The Morgan fingerprint density at radius 2 is 1.69 bits per heavy atom. The number of hydrogen-bond acceptors (Lipinski definition) is 9. The normalized spacial score (nSPS) is 14.9. The van der Waals surface area contributed by atoms with E-state index in [9.17, 15) is 14.0 Å². The molecule has 0 fully saturated rings. The first-order valence-corrected chi connectivity index (χ1v) is 16.0. The van der Waals surface area contributed by atoms with Crippen LogP contribution in [-0.2, 0) is 38.6 Å². The van der Waals surface area contributed by atoms with Gasteiger partial charge in [0.25, 0.3) is 0 Å². The highest BCUT2D eigenvalue weighted by atomic mass is 19.1. The third-order valence-electron chi connectivity index (χ3n) is 7.91. The lowest BCUT2D eigenvalue weighted by Gasteiger charge is -2.37. The molecule has 5 rings (SSSR count). The number of anilines is 3. The van der Waals surface area contributed by atoms with E-state index >= 15 is 0 Å². The number of hydrogen-bond donors (Lipinski definition) is 2. The van der Waals surface area contributed by atoms with Gasteiger partial charge in [-0.2, -0.15) is 4.98 Å². The minimum Gasteiger partial charge on any atom is -0.458 e. The van der Waals surface area contributed by atoms with Crippen molar-refractivity contribution in [1.82, 2.24) is 15.3 Å². The Balaban J connectivity index is 1.38. The summed E-state index contributed by atoms with van der Waals surface area (Å²) in [4.78, 5) is 37.9. The first-order chi connectivity index (χ1) is 23.0. The van der Waals surface area contributed by atoms with Gasteiger partial charge in [0.05, 0.1) is 24.9 Å². The SMILES string of the molecule is Cc1c(COC(=O)C(COCc2ccccc2)NC(=O)OC(C)(C)C)nc(Nc2ccc(F)cc2)nc1N1CCc2ccccc2C1C. The number of aromatic nitrogens is 2. The molecule has 0 aliphatic carbocycles. The van der Waals surface area contributed by atoms with Crippen molar-refractivity contribution >= 4 is 29.5 Å². The van der Waals surface area contributed by atoms with E-state index in [-0.39, 0.29) is 37.6 Å². The van der Waals surface area contributed by atoms with E-state index in [1.54, 1.807) is 32.9 Å². The predicted octanol–water partition coefficient (Wildman–Crippen LogP) is 6.94.